The molecule has 0 radical (unpaired) electrons. The standard InChI is InChI=1S/C14H20O5S/c1-18-13-2-4-14(5-3-13)19-9-12(8-15)11-6-7-20(16,17)10-11/h2-5,11-12,15H,6-10H2,1H3. The summed E-state index contributed by atoms with van der Waals surface area (Å²) in [6.07, 6.45) is 0.611. The number of hydrogen-bond donors (Lipinski definition) is 1. The fraction of sp³-hybridized carbons (Fsp3) is 0.571. The van der Waals surface area contributed by atoms with Crippen molar-refractivity contribution in [1.82, 2.24) is 0 Å². The number of rotatable bonds is 6. The van der Waals surface area contributed by atoms with E-state index in [1.807, 2.05) is 0 Å². The first-order chi connectivity index (χ1) is 9.54. The minimum atomic E-state index is -2.93. The highest BCUT2D eigenvalue weighted by Gasteiger charge is 2.33. The Morgan fingerprint density at radius 3 is 2.45 bits per heavy atom. The molecule has 0 amide bonds. The van der Waals surface area contributed by atoms with Gasteiger partial charge in [-0.3, -0.25) is 0 Å². The van der Waals surface area contributed by atoms with Crippen LogP contribution in [0.1, 0.15) is 6.42 Å². The maximum atomic E-state index is 11.5. The van der Waals surface area contributed by atoms with Crippen LogP contribution in [-0.4, -0.2) is 45.4 Å². The zero-order valence-corrected chi connectivity index (χ0v) is 12.3. The molecule has 1 aliphatic rings. The molecule has 1 heterocycles. The molecule has 1 N–H and O–H groups in total. The van der Waals surface area contributed by atoms with E-state index in [0.717, 1.165) is 5.75 Å². The second kappa shape index (κ2) is 6.45. The summed E-state index contributed by atoms with van der Waals surface area (Å²) in [5, 5.41) is 9.42. The van der Waals surface area contributed by atoms with E-state index in [2.05, 4.69) is 0 Å². The van der Waals surface area contributed by atoms with Gasteiger partial charge in [0.1, 0.15) is 11.5 Å². The summed E-state index contributed by atoms with van der Waals surface area (Å²) in [5.74, 6) is 1.65. The maximum Gasteiger partial charge on any atom is 0.150 e. The third-order valence-electron chi connectivity index (χ3n) is 3.69. The molecule has 1 aromatic rings. The highest BCUT2D eigenvalue weighted by atomic mass is 32.2. The van der Waals surface area contributed by atoms with Crippen LogP contribution in [0.5, 0.6) is 11.5 Å². The Hall–Kier alpha value is -1.27. The molecule has 5 nitrogen and oxygen atoms in total. The lowest BCUT2D eigenvalue weighted by Gasteiger charge is -2.20. The molecule has 2 rings (SSSR count). The van der Waals surface area contributed by atoms with Crippen molar-refractivity contribution in [3.05, 3.63) is 24.3 Å². The van der Waals surface area contributed by atoms with Gasteiger partial charge in [0.25, 0.3) is 0 Å². The third-order valence-corrected chi connectivity index (χ3v) is 5.49. The van der Waals surface area contributed by atoms with E-state index >= 15 is 0 Å². The van der Waals surface area contributed by atoms with Crippen molar-refractivity contribution in [3.63, 3.8) is 0 Å². The minimum Gasteiger partial charge on any atom is -0.497 e. The predicted molar refractivity (Wildman–Crippen MR) is 75.8 cm³/mol. The number of methoxy groups -OCH3 is 1. The van der Waals surface area contributed by atoms with Gasteiger partial charge in [0, 0.05) is 12.5 Å². The summed E-state index contributed by atoms with van der Waals surface area (Å²) >= 11 is 0. The number of aliphatic hydroxyl groups is 1. The lowest BCUT2D eigenvalue weighted by Crippen LogP contribution is -2.26. The monoisotopic (exact) mass is 300 g/mol. The molecule has 1 aliphatic heterocycles. The van der Waals surface area contributed by atoms with Crippen molar-refractivity contribution >= 4 is 9.84 Å². The quantitative estimate of drug-likeness (QED) is 0.852. The molecular formula is C14H20O5S. The molecule has 0 aliphatic carbocycles. The molecule has 2 atom stereocenters. The lowest BCUT2D eigenvalue weighted by atomic mass is 9.93. The van der Waals surface area contributed by atoms with Gasteiger partial charge in [-0.25, -0.2) is 8.42 Å². The zero-order chi connectivity index (χ0) is 14.6. The van der Waals surface area contributed by atoms with Crippen LogP contribution >= 0.6 is 0 Å². The van der Waals surface area contributed by atoms with Crippen molar-refractivity contribution in [1.29, 1.82) is 0 Å². The Kier molecular flexibility index (Phi) is 4.88. The van der Waals surface area contributed by atoms with Gasteiger partial charge in [-0.2, -0.15) is 0 Å². The van der Waals surface area contributed by atoms with Crippen LogP contribution in [0, 0.1) is 11.8 Å². The van der Waals surface area contributed by atoms with Crippen LogP contribution < -0.4 is 9.47 Å². The average Bonchev–Trinajstić information content (AvgIpc) is 2.80. The third kappa shape index (κ3) is 3.86. The topological polar surface area (TPSA) is 72.8 Å². The molecule has 1 aromatic carbocycles. The van der Waals surface area contributed by atoms with E-state index < -0.39 is 9.84 Å². The van der Waals surface area contributed by atoms with Crippen LogP contribution in [0.2, 0.25) is 0 Å². The highest BCUT2D eigenvalue weighted by molar-refractivity contribution is 7.91. The Balaban J connectivity index is 1.90. The van der Waals surface area contributed by atoms with Gasteiger partial charge in [-0.1, -0.05) is 0 Å². The first-order valence-electron chi connectivity index (χ1n) is 6.62. The van der Waals surface area contributed by atoms with E-state index in [0.29, 0.717) is 18.8 Å². The molecule has 0 bridgehead atoms. The normalized spacial score (nSPS) is 22.4. The van der Waals surface area contributed by atoms with E-state index in [9.17, 15) is 13.5 Å². The van der Waals surface area contributed by atoms with Gasteiger partial charge in [0.15, 0.2) is 9.84 Å². The molecule has 0 spiro atoms. The Morgan fingerprint density at radius 2 is 1.95 bits per heavy atom. The number of ether oxygens (including phenoxy) is 2. The van der Waals surface area contributed by atoms with E-state index in [-0.39, 0.29) is 29.9 Å². The van der Waals surface area contributed by atoms with E-state index in [1.165, 1.54) is 0 Å². The largest absolute Gasteiger partial charge is 0.497 e. The van der Waals surface area contributed by atoms with Crippen LogP contribution in [0.3, 0.4) is 0 Å². The van der Waals surface area contributed by atoms with Crippen LogP contribution in [0.25, 0.3) is 0 Å². The summed E-state index contributed by atoms with van der Waals surface area (Å²) in [5.41, 5.74) is 0. The lowest BCUT2D eigenvalue weighted by molar-refractivity contribution is 0.126. The number of aliphatic hydroxyl groups excluding tert-OH is 1. The van der Waals surface area contributed by atoms with Crippen LogP contribution in [-0.2, 0) is 9.84 Å². The average molecular weight is 300 g/mol. The molecule has 1 saturated heterocycles. The fourth-order valence-electron chi connectivity index (χ4n) is 2.41. The molecule has 0 saturated carbocycles. The highest BCUT2D eigenvalue weighted by Crippen LogP contribution is 2.27. The fourth-order valence-corrected chi connectivity index (χ4v) is 4.33. The summed E-state index contributed by atoms with van der Waals surface area (Å²) in [7, 11) is -1.33. The molecule has 20 heavy (non-hydrogen) atoms. The zero-order valence-electron chi connectivity index (χ0n) is 11.5. The number of benzene rings is 1. The number of sulfone groups is 1. The van der Waals surface area contributed by atoms with Gasteiger partial charge < -0.3 is 14.6 Å². The van der Waals surface area contributed by atoms with Gasteiger partial charge >= 0.3 is 0 Å². The Bertz CT molecular complexity index is 523. The molecule has 0 aromatic heterocycles. The maximum absolute atomic E-state index is 11.5. The van der Waals surface area contributed by atoms with Gasteiger partial charge in [-0.05, 0) is 36.6 Å². The van der Waals surface area contributed by atoms with Crippen molar-refractivity contribution in [2.45, 2.75) is 6.42 Å². The summed E-state index contributed by atoms with van der Waals surface area (Å²) in [6.45, 7) is 0.263. The van der Waals surface area contributed by atoms with Gasteiger partial charge in [0.2, 0.25) is 0 Å². The van der Waals surface area contributed by atoms with Crippen LogP contribution in [0.15, 0.2) is 24.3 Å². The smallest absolute Gasteiger partial charge is 0.150 e. The van der Waals surface area contributed by atoms with E-state index in [4.69, 9.17) is 9.47 Å². The van der Waals surface area contributed by atoms with Gasteiger partial charge in [-0.15, -0.1) is 0 Å². The number of hydrogen-bond acceptors (Lipinski definition) is 5. The molecule has 6 heteroatoms. The Labute approximate surface area is 119 Å². The van der Waals surface area contributed by atoms with Crippen molar-refractivity contribution in [2.75, 3.05) is 31.8 Å². The second-order valence-corrected chi connectivity index (χ2v) is 7.32. The Morgan fingerprint density at radius 1 is 1.30 bits per heavy atom. The SMILES string of the molecule is COc1ccc(OCC(CO)C2CCS(=O)(=O)C2)cc1. The van der Waals surface area contributed by atoms with Gasteiger partial charge in [0.05, 0.1) is 25.2 Å². The van der Waals surface area contributed by atoms with Crippen LogP contribution in [0.4, 0.5) is 0 Å². The van der Waals surface area contributed by atoms with Crippen molar-refractivity contribution in [3.8, 4) is 11.5 Å². The first-order valence-corrected chi connectivity index (χ1v) is 8.44. The summed E-state index contributed by atoms with van der Waals surface area (Å²) < 4.78 is 33.6. The molecular weight excluding hydrogens is 280 g/mol. The summed E-state index contributed by atoms with van der Waals surface area (Å²) in [4.78, 5) is 0. The molecule has 2 unspecified atom stereocenters. The van der Waals surface area contributed by atoms with E-state index in [1.54, 1.807) is 31.4 Å². The first kappa shape index (κ1) is 15.1. The second-order valence-electron chi connectivity index (χ2n) is 5.09. The van der Waals surface area contributed by atoms with Crippen molar-refractivity contribution < 1.29 is 23.0 Å². The summed E-state index contributed by atoms with van der Waals surface area (Å²) in [6, 6.07) is 7.17. The molecule has 112 valence electrons. The minimum absolute atomic E-state index is 0.0109. The van der Waals surface area contributed by atoms with Crippen molar-refractivity contribution in [2.24, 2.45) is 11.8 Å². The molecule has 1 fully saturated rings. The predicted octanol–water partition coefficient (Wildman–Crippen LogP) is 1.12.